The van der Waals surface area contributed by atoms with Crippen molar-refractivity contribution >= 4 is 17.4 Å². The van der Waals surface area contributed by atoms with E-state index in [0.717, 1.165) is 12.0 Å². The molecule has 0 radical (unpaired) electrons. The van der Waals surface area contributed by atoms with Crippen molar-refractivity contribution in [3.63, 3.8) is 0 Å². The molecule has 1 aliphatic rings. The van der Waals surface area contributed by atoms with Crippen molar-refractivity contribution in [1.82, 2.24) is 0 Å². The first-order chi connectivity index (χ1) is 12.7. The van der Waals surface area contributed by atoms with Crippen molar-refractivity contribution in [2.75, 3.05) is 7.11 Å². The van der Waals surface area contributed by atoms with E-state index in [1.165, 1.54) is 22.3 Å². The number of rotatable bonds is 5. The second-order valence-electron chi connectivity index (χ2n) is 6.58. The molecular formula is C24H20O2. The van der Waals surface area contributed by atoms with Crippen LogP contribution in [0.5, 0.6) is 5.75 Å². The van der Waals surface area contributed by atoms with E-state index in [-0.39, 0.29) is 5.78 Å². The lowest BCUT2D eigenvalue weighted by Crippen LogP contribution is -2.04. The van der Waals surface area contributed by atoms with E-state index in [0.29, 0.717) is 17.7 Å². The molecule has 3 aromatic rings. The zero-order chi connectivity index (χ0) is 17.9. The molecule has 2 nitrogen and oxygen atoms in total. The fraction of sp³-hybridized carbons (Fsp3) is 0.125. The topological polar surface area (TPSA) is 26.3 Å². The number of fused-ring (bicyclic) bond motifs is 1. The Labute approximate surface area is 153 Å². The highest BCUT2D eigenvalue weighted by Gasteiger charge is 2.15. The minimum absolute atomic E-state index is 0.106. The number of Topliss-reactive ketones (excluding diaryl/α,β-unsaturated/α-hetero) is 1. The maximum absolute atomic E-state index is 12.6. The predicted octanol–water partition coefficient (Wildman–Crippen LogP) is 5.22. The largest absolute Gasteiger partial charge is 0.497 e. The molecule has 1 aliphatic carbocycles. The Kier molecular flexibility index (Phi) is 4.40. The normalized spacial score (nSPS) is 12.4. The van der Waals surface area contributed by atoms with Gasteiger partial charge in [-0.2, -0.15) is 0 Å². The minimum Gasteiger partial charge on any atom is -0.497 e. The van der Waals surface area contributed by atoms with Crippen LogP contribution < -0.4 is 4.74 Å². The monoisotopic (exact) mass is 340 g/mol. The summed E-state index contributed by atoms with van der Waals surface area (Å²) in [5.74, 6) is 0.814. The van der Waals surface area contributed by atoms with Crippen molar-refractivity contribution in [1.29, 1.82) is 0 Å². The summed E-state index contributed by atoms with van der Waals surface area (Å²) in [5.41, 5.74) is 6.86. The first-order valence-corrected chi connectivity index (χ1v) is 8.78. The molecule has 128 valence electrons. The van der Waals surface area contributed by atoms with Crippen LogP contribution in [0.25, 0.3) is 11.6 Å². The smallest absolute Gasteiger partial charge is 0.167 e. The first-order valence-electron chi connectivity index (χ1n) is 8.78. The molecule has 0 atom stereocenters. The lowest BCUT2D eigenvalue weighted by Gasteiger charge is -2.06. The van der Waals surface area contributed by atoms with Crippen LogP contribution in [-0.4, -0.2) is 12.9 Å². The molecule has 0 aliphatic heterocycles. The van der Waals surface area contributed by atoms with Gasteiger partial charge in [-0.3, -0.25) is 4.79 Å². The maximum atomic E-state index is 12.6. The third-order valence-electron chi connectivity index (χ3n) is 4.82. The van der Waals surface area contributed by atoms with Crippen LogP contribution in [0.3, 0.4) is 0 Å². The van der Waals surface area contributed by atoms with Gasteiger partial charge < -0.3 is 4.74 Å². The predicted molar refractivity (Wildman–Crippen MR) is 105 cm³/mol. The van der Waals surface area contributed by atoms with Crippen LogP contribution in [0.15, 0.2) is 72.8 Å². The molecule has 0 aromatic heterocycles. The average molecular weight is 340 g/mol. The van der Waals surface area contributed by atoms with Gasteiger partial charge in [0.25, 0.3) is 0 Å². The number of ketones is 1. The van der Waals surface area contributed by atoms with Crippen molar-refractivity contribution in [3.8, 4) is 5.75 Å². The van der Waals surface area contributed by atoms with Crippen LogP contribution >= 0.6 is 0 Å². The molecule has 0 heterocycles. The van der Waals surface area contributed by atoms with Crippen LogP contribution in [0.2, 0.25) is 0 Å². The number of allylic oxidation sites excluding steroid dienone is 1. The molecule has 0 amide bonds. The van der Waals surface area contributed by atoms with Gasteiger partial charge in [-0.1, -0.05) is 66.7 Å². The lowest BCUT2D eigenvalue weighted by molar-refractivity contribution is 0.0992. The van der Waals surface area contributed by atoms with Gasteiger partial charge in [-0.15, -0.1) is 0 Å². The van der Waals surface area contributed by atoms with Crippen molar-refractivity contribution in [3.05, 3.63) is 101 Å². The van der Waals surface area contributed by atoms with Crippen molar-refractivity contribution in [2.24, 2.45) is 0 Å². The summed E-state index contributed by atoms with van der Waals surface area (Å²) >= 11 is 0. The van der Waals surface area contributed by atoms with Gasteiger partial charge in [-0.25, -0.2) is 0 Å². The molecule has 2 heteroatoms. The van der Waals surface area contributed by atoms with Crippen LogP contribution in [0.1, 0.15) is 32.6 Å². The molecule has 0 spiro atoms. The summed E-state index contributed by atoms with van der Waals surface area (Å²) < 4.78 is 5.21. The van der Waals surface area contributed by atoms with Crippen LogP contribution in [0.4, 0.5) is 0 Å². The van der Waals surface area contributed by atoms with E-state index in [4.69, 9.17) is 4.74 Å². The SMILES string of the molecule is COc1cccc(C(=O)Cc2ccc3c(c2)C=C(c2ccccc2)C3)c1. The highest BCUT2D eigenvalue weighted by Crippen LogP contribution is 2.32. The molecule has 0 fully saturated rings. The second-order valence-corrected chi connectivity index (χ2v) is 6.58. The Morgan fingerprint density at radius 3 is 2.62 bits per heavy atom. The first kappa shape index (κ1) is 16.3. The van der Waals surface area contributed by atoms with E-state index in [1.807, 2.05) is 24.3 Å². The molecule has 0 N–H and O–H groups in total. The number of carbonyl (C=O) groups excluding carboxylic acids is 1. The van der Waals surface area contributed by atoms with Gasteiger partial charge in [0.1, 0.15) is 5.75 Å². The summed E-state index contributed by atoms with van der Waals surface area (Å²) in [4.78, 5) is 12.6. The molecule has 0 bridgehead atoms. The zero-order valence-electron chi connectivity index (χ0n) is 14.7. The number of hydrogen-bond acceptors (Lipinski definition) is 2. The molecule has 26 heavy (non-hydrogen) atoms. The van der Waals surface area contributed by atoms with E-state index in [1.54, 1.807) is 13.2 Å². The van der Waals surface area contributed by atoms with Crippen molar-refractivity contribution < 1.29 is 9.53 Å². The Bertz CT molecular complexity index is 984. The van der Waals surface area contributed by atoms with Gasteiger partial charge in [-0.05, 0) is 46.4 Å². The van der Waals surface area contributed by atoms with E-state index in [2.05, 4.69) is 48.5 Å². The fourth-order valence-electron chi connectivity index (χ4n) is 3.42. The molecule has 0 unspecified atom stereocenters. The quantitative estimate of drug-likeness (QED) is 0.595. The Balaban J connectivity index is 1.55. The standard InChI is InChI=1S/C24H20O2/c1-26-23-9-5-8-20(16-23)24(25)13-17-10-11-19-14-22(15-21(19)12-17)18-6-3-2-4-7-18/h2-12,15-16H,13-14H2,1H3. The number of methoxy groups -OCH3 is 1. The second kappa shape index (κ2) is 7.01. The summed E-state index contributed by atoms with van der Waals surface area (Å²) in [7, 11) is 1.61. The number of benzene rings is 3. The number of hydrogen-bond donors (Lipinski definition) is 0. The summed E-state index contributed by atoms with van der Waals surface area (Å²) in [6, 6.07) is 24.2. The van der Waals surface area contributed by atoms with Gasteiger partial charge in [0.05, 0.1) is 7.11 Å². The zero-order valence-corrected chi connectivity index (χ0v) is 14.7. The fourth-order valence-corrected chi connectivity index (χ4v) is 3.42. The van der Waals surface area contributed by atoms with E-state index >= 15 is 0 Å². The Morgan fingerprint density at radius 1 is 0.962 bits per heavy atom. The van der Waals surface area contributed by atoms with Crippen molar-refractivity contribution in [2.45, 2.75) is 12.8 Å². The summed E-state index contributed by atoms with van der Waals surface area (Å²) in [5, 5.41) is 0. The van der Waals surface area contributed by atoms with Gasteiger partial charge in [0.15, 0.2) is 5.78 Å². The van der Waals surface area contributed by atoms with Crippen LogP contribution in [-0.2, 0) is 12.8 Å². The number of carbonyl (C=O) groups is 1. The lowest BCUT2D eigenvalue weighted by atomic mass is 9.99. The Morgan fingerprint density at radius 2 is 1.81 bits per heavy atom. The maximum Gasteiger partial charge on any atom is 0.167 e. The third kappa shape index (κ3) is 3.31. The highest BCUT2D eigenvalue weighted by molar-refractivity contribution is 5.98. The highest BCUT2D eigenvalue weighted by atomic mass is 16.5. The minimum atomic E-state index is 0.106. The molecule has 4 rings (SSSR count). The molecule has 0 saturated carbocycles. The Hall–Kier alpha value is -3.13. The van der Waals surface area contributed by atoms with E-state index < -0.39 is 0 Å². The van der Waals surface area contributed by atoms with E-state index in [9.17, 15) is 4.79 Å². The van der Waals surface area contributed by atoms with Gasteiger partial charge in [0.2, 0.25) is 0 Å². The third-order valence-corrected chi connectivity index (χ3v) is 4.82. The molecule has 3 aromatic carbocycles. The molecule has 0 saturated heterocycles. The van der Waals surface area contributed by atoms with Gasteiger partial charge >= 0.3 is 0 Å². The van der Waals surface area contributed by atoms with Crippen LogP contribution in [0, 0.1) is 0 Å². The molecular weight excluding hydrogens is 320 g/mol. The number of ether oxygens (including phenoxy) is 1. The summed E-state index contributed by atoms with van der Waals surface area (Å²) in [6.45, 7) is 0. The summed E-state index contributed by atoms with van der Waals surface area (Å²) in [6.07, 6.45) is 3.59. The van der Waals surface area contributed by atoms with Gasteiger partial charge in [0, 0.05) is 12.0 Å². The average Bonchev–Trinajstić information content (AvgIpc) is 3.12.